The number of hydrogen-bond acceptors (Lipinski definition) is 0. The fourth-order valence-electron chi connectivity index (χ4n) is 1.96. The third-order valence-electron chi connectivity index (χ3n) is 4.10. The molecule has 0 heterocycles. The van der Waals surface area contributed by atoms with E-state index in [1.807, 2.05) is 0 Å². The van der Waals surface area contributed by atoms with Gasteiger partial charge in [-0.3, -0.25) is 0 Å². The lowest BCUT2D eigenvalue weighted by atomic mass is 10.1. The smallest absolute Gasteiger partial charge is 0.141 e. The largest absolute Gasteiger partial charge is 0.171 e. The van der Waals surface area contributed by atoms with Crippen LogP contribution in [0.4, 0.5) is 0 Å². The van der Waals surface area contributed by atoms with Crippen LogP contribution in [0.1, 0.15) is 26.2 Å². The average Bonchev–Trinajstić information content (AvgIpc) is 2.61. The molecule has 1 aliphatic rings. The molecule has 92 valence electrons. The summed E-state index contributed by atoms with van der Waals surface area (Å²) in [5.74, 6) is 0. The van der Waals surface area contributed by atoms with Gasteiger partial charge < -0.3 is 0 Å². The van der Waals surface area contributed by atoms with Crippen LogP contribution in [0, 0.1) is 0 Å². The van der Waals surface area contributed by atoms with Crippen LogP contribution in [0.3, 0.4) is 0 Å². The fourth-order valence-corrected chi connectivity index (χ4v) is 8.01. The van der Waals surface area contributed by atoms with E-state index in [1.54, 1.807) is 5.57 Å². The van der Waals surface area contributed by atoms with Crippen LogP contribution >= 0.6 is 11.1 Å². The van der Waals surface area contributed by atoms with E-state index in [0.29, 0.717) is 5.54 Å². The molecule has 0 N–H and O–H groups in total. The predicted molar refractivity (Wildman–Crippen MR) is 81.3 cm³/mol. The maximum atomic E-state index is 6.69. The molecule has 1 aliphatic carbocycles. The number of unbranched alkanes of at least 4 members (excludes halogenated alkanes) is 1. The van der Waals surface area contributed by atoms with Crippen LogP contribution in [-0.2, 0) is 0 Å². The maximum Gasteiger partial charge on any atom is 0.141 e. The standard InChI is InChI=1S/C13H25ClSi2/c1-6-7-8-12-9-10-13(11-12)15(2,3)16(4,5)14/h9-11,13H,6-8H2,1-5H3. The van der Waals surface area contributed by atoms with Crippen LogP contribution in [-0.4, -0.2) is 14.5 Å². The van der Waals surface area contributed by atoms with E-state index in [2.05, 4.69) is 51.3 Å². The van der Waals surface area contributed by atoms with Gasteiger partial charge in [-0.25, -0.2) is 0 Å². The first-order valence-electron chi connectivity index (χ1n) is 6.37. The topological polar surface area (TPSA) is 0 Å². The molecule has 0 fully saturated rings. The Hall–Kier alpha value is 0.204. The van der Waals surface area contributed by atoms with Crippen molar-refractivity contribution in [2.45, 2.75) is 57.9 Å². The van der Waals surface area contributed by atoms with Crippen molar-refractivity contribution in [3.8, 4) is 0 Å². The van der Waals surface area contributed by atoms with E-state index in [0.717, 1.165) is 0 Å². The zero-order chi connectivity index (χ0) is 12.4. The van der Waals surface area contributed by atoms with Gasteiger partial charge in [-0.2, -0.15) is 11.1 Å². The molecule has 0 aliphatic heterocycles. The minimum absolute atomic E-state index is 0.679. The molecule has 0 spiro atoms. The molecule has 0 saturated heterocycles. The van der Waals surface area contributed by atoms with Crippen LogP contribution in [0.25, 0.3) is 0 Å². The van der Waals surface area contributed by atoms with Crippen molar-refractivity contribution in [2.24, 2.45) is 0 Å². The Morgan fingerprint density at radius 3 is 2.38 bits per heavy atom. The highest BCUT2D eigenvalue weighted by molar-refractivity contribution is 7.58. The van der Waals surface area contributed by atoms with Gasteiger partial charge in [0.25, 0.3) is 0 Å². The van der Waals surface area contributed by atoms with Crippen molar-refractivity contribution >= 4 is 25.6 Å². The van der Waals surface area contributed by atoms with Crippen molar-refractivity contribution in [2.75, 3.05) is 0 Å². The highest BCUT2D eigenvalue weighted by atomic mass is 35.6. The highest BCUT2D eigenvalue weighted by Gasteiger charge is 2.44. The maximum absolute atomic E-state index is 6.69. The molecule has 0 amide bonds. The Labute approximate surface area is 107 Å². The summed E-state index contributed by atoms with van der Waals surface area (Å²) in [6.45, 7) is 10.3. The van der Waals surface area contributed by atoms with Crippen molar-refractivity contribution in [3.63, 3.8) is 0 Å². The molecule has 0 radical (unpaired) electrons. The minimum atomic E-state index is -1.50. The third kappa shape index (κ3) is 3.11. The summed E-state index contributed by atoms with van der Waals surface area (Å²) < 4.78 is 0. The molecular formula is C13H25ClSi2. The molecule has 0 bridgehead atoms. The molecule has 0 nitrogen and oxygen atoms in total. The second-order valence-corrected chi connectivity index (χ2v) is 24.4. The second kappa shape index (κ2) is 5.24. The number of hydrogen-bond donors (Lipinski definition) is 0. The molecule has 0 aromatic rings. The summed E-state index contributed by atoms with van der Waals surface area (Å²) in [5.41, 5.74) is 2.22. The lowest BCUT2D eigenvalue weighted by Crippen LogP contribution is -2.53. The van der Waals surface area contributed by atoms with Crippen LogP contribution in [0.2, 0.25) is 31.7 Å². The van der Waals surface area contributed by atoms with E-state index >= 15 is 0 Å². The monoisotopic (exact) mass is 272 g/mol. The average molecular weight is 273 g/mol. The fraction of sp³-hybridized carbons (Fsp3) is 0.692. The first-order chi connectivity index (χ1) is 7.29. The molecule has 0 saturated carbocycles. The molecular weight excluding hydrogens is 248 g/mol. The zero-order valence-electron chi connectivity index (χ0n) is 11.3. The Kier molecular flexibility index (Phi) is 4.67. The van der Waals surface area contributed by atoms with Gasteiger partial charge >= 0.3 is 0 Å². The van der Waals surface area contributed by atoms with Gasteiger partial charge in [-0.1, -0.05) is 63.3 Å². The first-order valence-corrected chi connectivity index (χ1v) is 14.5. The SMILES string of the molecule is CCCCC1=CC([Si](C)(C)[Si](C)(C)Cl)C=C1. The quantitative estimate of drug-likeness (QED) is 0.472. The Morgan fingerprint density at radius 1 is 1.25 bits per heavy atom. The van der Waals surface area contributed by atoms with E-state index in [9.17, 15) is 0 Å². The zero-order valence-corrected chi connectivity index (χ0v) is 14.1. The molecule has 1 rings (SSSR count). The summed E-state index contributed by atoms with van der Waals surface area (Å²) in [5, 5.41) is 0. The molecule has 1 unspecified atom stereocenters. The van der Waals surface area contributed by atoms with Gasteiger partial charge in [-0.05, 0) is 18.4 Å². The minimum Gasteiger partial charge on any atom is -0.171 e. The van der Waals surface area contributed by atoms with E-state index < -0.39 is 14.5 Å². The summed E-state index contributed by atoms with van der Waals surface area (Å²) >= 11 is 6.69. The second-order valence-electron chi connectivity index (χ2n) is 5.92. The lowest BCUT2D eigenvalue weighted by molar-refractivity contribution is 0.798. The Balaban J connectivity index is 2.72. The summed E-state index contributed by atoms with van der Waals surface area (Å²) in [6, 6.07) is 0. The summed E-state index contributed by atoms with van der Waals surface area (Å²) in [7, 11) is -1.31. The Bertz CT molecular complexity index is 298. The van der Waals surface area contributed by atoms with Gasteiger partial charge in [0.05, 0.1) is 7.59 Å². The molecule has 1 atom stereocenters. The van der Waals surface area contributed by atoms with Crippen molar-refractivity contribution in [1.82, 2.24) is 0 Å². The molecule has 0 aromatic heterocycles. The van der Waals surface area contributed by atoms with Gasteiger partial charge in [-0.15, -0.1) is 0 Å². The summed E-state index contributed by atoms with van der Waals surface area (Å²) in [6.07, 6.45) is 11.1. The van der Waals surface area contributed by atoms with Crippen LogP contribution in [0.15, 0.2) is 23.8 Å². The lowest BCUT2D eigenvalue weighted by Gasteiger charge is -2.36. The van der Waals surface area contributed by atoms with E-state index in [4.69, 9.17) is 11.1 Å². The molecule has 16 heavy (non-hydrogen) atoms. The summed E-state index contributed by atoms with van der Waals surface area (Å²) in [4.78, 5) is 0. The Morgan fingerprint density at radius 2 is 1.88 bits per heavy atom. The van der Waals surface area contributed by atoms with Crippen molar-refractivity contribution < 1.29 is 0 Å². The van der Waals surface area contributed by atoms with Gasteiger partial charge in [0.1, 0.15) is 6.90 Å². The number of allylic oxidation sites excluding steroid dienone is 4. The van der Waals surface area contributed by atoms with Gasteiger partial charge in [0.2, 0.25) is 0 Å². The third-order valence-corrected chi connectivity index (χ3v) is 23.8. The first kappa shape index (κ1) is 14.3. The van der Waals surface area contributed by atoms with Gasteiger partial charge in [0, 0.05) is 0 Å². The number of rotatable bonds is 5. The van der Waals surface area contributed by atoms with Crippen molar-refractivity contribution in [3.05, 3.63) is 23.8 Å². The van der Waals surface area contributed by atoms with Crippen LogP contribution in [0.5, 0.6) is 0 Å². The van der Waals surface area contributed by atoms with Crippen LogP contribution < -0.4 is 0 Å². The molecule has 3 heteroatoms. The highest BCUT2D eigenvalue weighted by Crippen LogP contribution is 2.39. The van der Waals surface area contributed by atoms with E-state index in [1.165, 1.54) is 19.3 Å². The van der Waals surface area contributed by atoms with E-state index in [-0.39, 0.29) is 0 Å². The normalized spacial score (nSPS) is 21.4. The van der Waals surface area contributed by atoms with Crippen molar-refractivity contribution in [1.29, 1.82) is 0 Å². The predicted octanol–water partition coefficient (Wildman–Crippen LogP) is 5.27. The number of halogens is 1. The molecule has 0 aromatic carbocycles. The van der Waals surface area contributed by atoms with Gasteiger partial charge in [0.15, 0.2) is 0 Å².